The molecule has 0 atom stereocenters. The van der Waals surface area contributed by atoms with E-state index >= 15 is 0 Å². The van der Waals surface area contributed by atoms with Gasteiger partial charge in [0.25, 0.3) is 0 Å². The smallest absolute Gasteiger partial charge is 0.399 e. The molecule has 0 bridgehead atoms. The fourth-order valence-electron chi connectivity index (χ4n) is 3.12. The van der Waals surface area contributed by atoms with Crippen LogP contribution in [0.5, 0.6) is 0 Å². The zero-order chi connectivity index (χ0) is 22.0. The molecule has 3 rings (SSSR count). The van der Waals surface area contributed by atoms with Crippen LogP contribution in [0.15, 0.2) is 12.1 Å². The summed E-state index contributed by atoms with van der Waals surface area (Å²) in [6.45, 7) is 5.78. The summed E-state index contributed by atoms with van der Waals surface area (Å²) in [6, 6.07) is 2.93. The van der Waals surface area contributed by atoms with Gasteiger partial charge in [0.1, 0.15) is 12.3 Å². The van der Waals surface area contributed by atoms with Gasteiger partial charge in [-0.3, -0.25) is 4.68 Å². The number of alkyl halides is 3. The second-order valence-corrected chi connectivity index (χ2v) is 10.00. The number of rotatable bonds is 4. The molecule has 1 aromatic heterocycles. The van der Waals surface area contributed by atoms with Crippen molar-refractivity contribution in [1.82, 2.24) is 9.78 Å². The lowest BCUT2D eigenvalue weighted by molar-refractivity contribution is -0.141. The molecular formula is C16H20BClF3N3O4S. The van der Waals surface area contributed by atoms with Crippen molar-refractivity contribution in [2.45, 2.75) is 57.4 Å². The van der Waals surface area contributed by atoms with Crippen LogP contribution in [0.4, 0.5) is 13.2 Å². The highest BCUT2D eigenvalue weighted by atomic mass is 35.5. The predicted molar refractivity (Wildman–Crippen MR) is 103 cm³/mol. The van der Waals surface area contributed by atoms with Crippen molar-refractivity contribution >= 4 is 45.1 Å². The third-order valence-corrected chi connectivity index (χ3v) is 6.11. The van der Waals surface area contributed by atoms with E-state index in [0.717, 1.165) is 0 Å². The van der Waals surface area contributed by atoms with Crippen molar-refractivity contribution in [2.24, 2.45) is 5.14 Å². The molecule has 2 heterocycles. The number of benzene rings is 1. The van der Waals surface area contributed by atoms with Crippen LogP contribution in [0.3, 0.4) is 0 Å². The van der Waals surface area contributed by atoms with Gasteiger partial charge in [0, 0.05) is 10.8 Å². The van der Waals surface area contributed by atoms with Crippen molar-refractivity contribution in [3.8, 4) is 0 Å². The van der Waals surface area contributed by atoms with E-state index < -0.39 is 46.8 Å². The van der Waals surface area contributed by atoms with Crippen LogP contribution >= 0.6 is 11.6 Å². The molecule has 0 spiro atoms. The molecule has 13 heteroatoms. The van der Waals surface area contributed by atoms with Crippen molar-refractivity contribution in [2.75, 3.05) is 0 Å². The van der Waals surface area contributed by atoms with Crippen LogP contribution in [-0.2, 0) is 31.6 Å². The third kappa shape index (κ3) is 4.41. The third-order valence-electron chi connectivity index (χ3n) is 5.12. The van der Waals surface area contributed by atoms with Crippen LogP contribution < -0.4 is 10.6 Å². The average molecular weight is 454 g/mol. The lowest BCUT2D eigenvalue weighted by Gasteiger charge is -2.32. The first-order chi connectivity index (χ1) is 13.0. The van der Waals surface area contributed by atoms with Gasteiger partial charge in [-0.1, -0.05) is 17.7 Å². The molecule has 1 aromatic carbocycles. The summed E-state index contributed by atoms with van der Waals surface area (Å²) in [4.78, 5) is 0. The Morgan fingerprint density at radius 3 is 2.24 bits per heavy atom. The minimum Gasteiger partial charge on any atom is -0.399 e. The number of nitrogens with zero attached hydrogens (tertiary/aromatic N) is 2. The molecule has 1 saturated heterocycles. The largest absolute Gasteiger partial charge is 0.497 e. The summed E-state index contributed by atoms with van der Waals surface area (Å²) >= 11 is 6.21. The van der Waals surface area contributed by atoms with Crippen molar-refractivity contribution in [3.63, 3.8) is 0 Å². The van der Waals surface area contributed by atoms with Gasteiger partial charge in [-0.25, -0.2) is 13.6 Å². The summed E-state index contributed by atoms with van der Waals surface area (Å²) in [6.07, 6.45) is -4.60. The van der Waals surface area contributed by atoms with E-state index in [4.69, 9.17) is 26.0 Å². The quantitative estimate of drug-likeness (QED) is 0.717. The first kappa shape index (κ1) is 22.4. The van der Waals surface area contributed by atoms with E-state index in [2.05, 4.69) is 5.10 Å². The van der Waals surface area contributed by atoms with Gasteiger partial charge in [0.15, 0.2) is 0 Å². The van der Waals surface area contributed by atoms with Gasteiger partial charge in [0.2, 0.25) is 10.0 Å². The number of hydrogen-bond acceptors (Lipinski definition) is 5. The summed E-state index contributed by atoms with van der Waals surface area (Å²) in [5, 5.41) is 9.07. The highest BCUT2D eigenvalue weighted by Crippen LogP contribution is 2.38. The molecule has 2 aromatic rings. The molecule has 7 nitrogen and oxygen atoms in total. The zero-order valence-electron chi connectivity index (χ0n) is 16.2. The van der Waals surface area contributed by atoms with E-state index in [1.54, 1.807) is 27.7 Å². The molecule has 0 saturated carbocycles. The van der Waals surface area contributed by atoms with E-state index in [1.807, 2.05) is 0 Å². The summed E-state index contributed by atoms with van der Waals surface area (Å²) in [5.41, 5.74) is -1.38. The molecule has 1 fully saturated rings. The normalized spacial score (nSPS) is 19.3. The molecule has 0 unspecified atom stereocenters. The average Bonchev–Trinajstić information content (AvgIpc) is 2.91. The Balaban J connectivity index is 2.26. The number of aromatic nitrogens is 2. The van der Waals surface area contributed by atoms with Crippen molar-refractivity contribution < 1.29 is 30.9 Å². The molecule has 0 radical (unpaired) electrons. The number of nitrogens with two attached hydrogens (primary N) is 1. The van der Waals surface area contributed by atoms with Gasteiger partial charge in [0.05, 0.1) is 27.4 Å². The fraction of sp³-hybridized carbons (Fsp3) is 0.562. The monoisotopic (exact) mass is 453 g/mol. The Hall–Kier alpha value is -1.34. The van der Waals surface area contributed by atoms with Crippen LogP contribution in [0.2, 0.25) is 5.02 Å². The summed E-state index contributed by atoms with van der Waals surface area (Å²) < 4.78 is 75.3. The van der Waals surface area contributed by atoms with E-state index in [-0.39, 0.29) is 27.1 Å². The van der Waals surface area contributed by atoms with E-state index in [9.17, 15) is 21.6 Å². The minimum atomic E-state index is -4.60. The number of fused-ring (bicyclic) bond motifs is 1. The van der Waals surface area contributed by atoms with Crippen LogP contribution in [0.1, 0.15) is 33.4 Å². The lowest BCUT2D eigenvalue weighted by atomic mass is 9.77. The fourth-order valence-corrected chi connectivity index (χ4v) is 3.96. The Morgan fingerprint density at radius 2 is 1.76 bits per heavy atom. The molecular weight excluding hydrogens is 434 g/mol. The number of halogens is 4. The summed E-state index contributed by atoms with van der Waals surface area (Å²) in [7, 11) is -5.06. The molecule has 29 heavy (non-hydrogen) atoms. The van der Waals surface area contributed by atoms with Crippen LogP contribution in [0, 0.1) is 0 Å². The Bertz CT molecular complexity index is 1050. The summed E-state index contributed by atoms with van der Waals surface area (Å²) in [5.74, 6) is -0.763. The number of hydrogen-bond donors (Lipinski definition) is 1. The molecule has 0 amide bonds. The van der Waals surface area contributed by atoms with Gasteiger partial charge in [-0.2, -0.15) is 18.3 Å². The van der Waals surface area contributed by atoms with Gasteiger partial charge >= 0.3 is 13.3 Å². The van der Waals surface area contributed by atoms with Gasteiger partial charge < -0.3 is 9.31 Å². The molecule has 160 valence electrons. The van der Waals surface area contributed by atoms with Crippen LogP contribution in [-0.4, -0.2) is 42.7 Å². The first-order valence-electron chi connectivity index (χ1n) is 8.61. The Kier molecular flexibility index (Phi) is 5.27. The molecule has 0 aliphatic carbocycles. The topological polar surface area (TPSA) is 96.4 Å². The predicted octanol–water partition coefficient (Wildman–Crippen LogP) is 2.34. The first-order valence-corrected chi connectivity index (χ1v) is 10.7. The maximum absolute atomic E-state index is 13.2. The van der Waals surface area contributed by atoms with E-state index in [1.165, 1.54) is 12.1 Å². The van der Waals surface area contributed by atoms with Gasteiger partial charge in [-0.05, 0) is 33.8 Å². The van der Waals surface area contributed by atoms with E-state index in [0.29, 0.717) is 4.68 Å². The maximum atomic E-state index is 13.2. The number of primary sulfonamides is 1. The molecule has 2 N–H and O–H groups in total. The number of sulfonamides is 1. The van der Waals surface area contributed by atoms with Crippen LogP contribution in [0.25, 0.3) is 10.9 Å². The highest BCUT2D eigenvalue weighted by molar-refractivity contribution is 7.88. The van der Waals surface area contributed by atoms with Crippen molar-refractivity contribution in [3.05, 3.63) is 22.8 Å². The standard InChI is InChI=1S/C16H20BClF3N3O4S/c1-14(2)15(3,4)28-17(27-14)9-5-6-10(18)12-11(7-29(22,25)26)23-24(13(9)12)8-16(19,20)21/h5-6H,7-8H2,1-4H3,(H2,22,25,26). The zero-order valence-corrected chi connectivity index (χ0v) is 17.7. The second kappa shape index (κ2) is 6.84. The Morgan fingerprint density at radius 1 is 1.21 bits per heavy atom. The Labute approximate surface area is 171 Å². The minimum absolute atomic E-state index is 0.00743. The highest BCUT2D eigenvalue weighted by Gasteiger charge is 2.52. The maximum Gasteiger partial charge on any atom is 0.497 e. The second-order valence-electron chi connectivity index (χ2n) is 7.98. The van der Waals surface area contributed by atoms with Crippen molar-refractivity contribution in [1.29, 1.82) is 0 Å². The molecule has 1 aliphatic heterocycles. The van der Waals surface area contributed by atoms with Gasteiger partial charge in [-0.15, -0.1) is 0 Å². The lowest BCUT2D eigenvalue weighted by Crippen LogP contribution is -2.41. The SMILES string of the molecule is CC1(C)OB(c2ccc(Cl)c3c(CS(N)(=O)=O)nn(CC(F)(F)F)c23)OC1(C)C. The molecule has 1 aliphatic rings.